The lowest BCUT2D eigenvalue weighted by molar-refractivity contribution is -0.126. The van der Waals surface area contributed by atoms with Gasteiger partial charge in [-0.05, 0) is 37.3 Å². The second kappa shape index (κ2) is 8.55. The maximum absolute atomic E-state index is 13.4. The zero-order valence-electron chi connectivity index (χ0n) is 14.8. The lowest BCUT2D eigenvalue weighted by Crippen LogP contribution is -2.48. The molecule has 1 atom stereocenters. The number of hydrogen-bond acceptors (Lipinski definition) is 3. The van der Waals surface area contributed by atoms with Gasteiger partial charge in [-0.15, -0.1) is 0 Å². The molecule has 134 valence electrons. The fourth-order valence-electron chi connectivity index (χ4n) is 2.71. The molecular weight excluding hydrogens is 321 g/mol. The van der Waals surface area contributed by atoms with Crippen LogP contribution >= 0.6 is 0 Å². The van der Waals surface area contributed by atoms with Crippen molar-refractivity contribution in [3.8, 4) is 0 Å². The van der Waals surface area contributed by atoms with Crippen molar-refractivity contribution in [3.63, 3.8) is 0 Å². The first-order valence-corrected chi connectivity index (χ1v) is 8.46. The highest BCUT2D eigenvalue weighted by Gasteiger charge is 2.24. The highest BCUT2D eigenvalue weighted by molar-refractivity contribution is 6.40. The van der Waals surface area contributed by atoms with Gasteiger partial charge in [0, 0.05) is 12.6 Å². The molecule has 0 aromatic heterocycles. The Morgan fingerprint density at radius 2 is 2.08 bits per heavy atom. The molecule has 6 heteroatoms. The van der Waals surface area contributed by atoms with E-state index >= 15 is 0 Å². The van der Waals surface area contributed by atoms with E-state index in [-0.39, 0.29) is 23.5 Å². The van der Waals surface area contributed by atoms with E-state index in [4.69, 9.17) is 0 Å². The van der Waals surface area contributed by atoms with Crippen LogP contribution in [0.5, 0.6) is 0 Å². The number of nitrogens with zero attached hydrogens (tertiary/aromatic N) is 1. The van der Waals surface area contributed by atoms with Crippen LogP contribution in [-0.4, -0.2) is 30.6 Å². The number of amides is 2. The third-order valence-electron chi connectivity index (χ3n) is 3.93. The topological polar surface area (TPSA) is 70.6 Å². The third kappa shape index (κ3) is 5.24. The quantitative estimate of drug-likeness (QED) is 0.832. The van der Waals surface area contributed by atoms with Crippen molar-refractivity contribution in [2.75, 3.05) is 7.05 Å². The molecule has 0 fully saturated rings. The first-order valence-electron chi connectivity index (χ1n) is 8.46. The Bertz CT molecular complexity index is 710. The summed E-state index contributed by atoms with van der Waals surface area (Å²) < 4.78 is 13.4. The third-order valence-corrected chi connectivity index (χ3v) is 3.93. The zero-order valence-corrected chi connectivity index (χ0v) is 14.8. The minimum Gasteiger partial charge on any atom is -0.357 e. The Kier molecular flexibility index (Phi) is 6.44. The van der Waals surface area contributed by atoms with E-state index in [0.29, 0.717) is 36.2 Å². The van der Waals surface area contributed by atoms with E-state index in [0.717, 1.165) is 0 Å². The molecular formula is C19H24FN3O2. The van der Waals surface area contributed by atoms with Crippen LogP contribution < -0.4 is 10.6 Å². The number of hydrogen-bond donors (Lipinski definition) is 2. The minimum atomic E-state index is -0.594. The Hall–Kier alpha value is -2.50. The van der Waals surface area contributed by atoms with Gasteiger partial charge in [0.1, 0.15) is 17.6 Å². The fourth-order valence-corrected chi connectivity index (χ4v) is 2.71. The molecule has 1 aromatic carbocycles. The second-order valence-electron chi connectivity index (χ2n) is 6.47. The predicted octanol–water partition coefficient (Wildman–Crippen LogP) is 2.68. The van der Waals surface area contributed by atoms with Crippen LogP contribution in [-0.2, 0) is 9.59 Å². The molecule has 2 amide bonds. The zero-order chi connectivity index (χ0) is 18.4. The number of nitrogens with one attached hydrogen (secondary N) is 2. The number of carbonyl (C=O) groups excluding carboxylic acids is 2. The number of aliphatic imine (C=N–C) groups is 1. The number of carbonyl (C=O) groups is 2. The smallest absolute Gasteiger partial charge is 0.266 e. The summed E-state index contributed by atoms with van der Waals surface area (Å²) in [5.74, 6) is -0.656. The normalized spacial score (nSPS) is 15.2. The summed E-state index contributed by atoms with van der Waals surface area (Å²) in [5, 5.41) is 5.34. The van der Waals surface area contributed by atoms with Crippen molar-refractivity contribution in [3.05, 3.63) is 41.7 Å². The van der Waals surface area contributed by atoms with Gasteiger partial charge in [-0.1, -0.05) is 32.1 Å². The number of halogens is 1. The summed E-state index contributed by atoms with van der Waals surface area (Å²) in [6, 6.07) is 5.53. The van der Waals surface area contributed by atoms with Crippen molar-refractivity contribution in [1.82, 2.24) is 10.6 Å². The molecule has 0 bridgehead atoms. The molecule has 5 nitrogen and oxygen atoms in total. The summed E-state index contributed by atoms with van der Waals surface area (Å²) in [7, 11) is 1.55. The van der Waals surface area contributed by atoms with Gasteiger partial charge >= 0.3 is 0 Å². The van der Waals surface area contributed by atoms with E-state index in [1.54, 1.807) is 19.2 Å². The molecule has 0 spiro atoms. The molecule has 1 aliphatic rings. The second-order valence-corrected chi connectivity index (χ2v) is 6.47. The summed E-state index contributed by atoms with van der Waals surface area (Å²) in [5.41, 5.74) is 1.57. The Morgan fingerprint density at radius 3 is 2.72 bits per heavy atom. The number of benzene rings is 1. The van der Waals surface area contributed by atoms with Crippen molar-refractivity contribution < 1.29 is 14.0 Å². The average molecular weight is 345 g/mol. The van der Waals surface area contributed by atoms with Gasteiger partial charge in [0.05, 0.1) is 5.70 Å². The molecule has 2 rings (SSSR count). The predicted molar refractivity (Wildman–Crippen MR) is 96.5 cm³/mol. The summed E-state index contributed by atoms with van der Waals surface area (Å²) in [4.78, 5) is 28.9. The fraction of sp³-hybridized carbons (Fsp3) is 0.421. The van der Waals surface area contributed by atoms with Gasteiger partial charge in [-0.3, -0.25) is 9.59 Å². The molecule has 0 saturated carbocycles. The van der Waals surface area contributed by atoms with Gasteiger partial charge in [0.2, 0.25) is 5.91 Å². The standard InChI is InChI=1S/C19H24FN3O2/c1-12(2)10-17(18(24)21-3)23-19(25)16-9-5-8-15(22-16)13-6-4-7-14(20)11-13/h4,6-8,11-12,17H,5,9-10H2,1-3H3,(H,21,24)(H,23,25)/t17-/m0/s1. The maximum atomic E-state index is 13.4. The van der Waals surface area contributed by atoms with Crippen LogP contribution in [0.3, 0.4) is 0 Å². The van der Waals surface area contributed by atoms with Crippen LogP contribution in [0.1, 0.15) is 38.7 Å². The summed E-state index contributed by atoms with van der Waals surface area (Å²) in [6.45, 7) is 3.98. The van der Waals surface area contributed by atoms with Crippen LogP contribution in [0.15, 0.2) is 35.3 Å². The van der Waals surface area contributed by atoms with Gasteiger partial charge < -0.3 is 10.6 Å². The van der Waals surface area contributed by atoms with Gasteiger partial charge in [-0.25, -0.2) is 9.38 Å². The monoisotopic (exact) mass is 345 g/mol. The Morgan fingerprint density at radius 1 is 1.32 bits per heavy atom. The molecule has 25 heavy (non-hydrogen) atoms. The van der Waals surface area contributed by atoms with Gasteiger partial charge in [0.25, 0.3) is 5.91 Å². The van der Waals surface area contributed by atoms with E-state index in [9.17, 15) is 14.0 Å². The Labute approximate surface area is 147 Å². The van der Waals surface area contributed by atoms with Crippen molar-refractivity contribution in [1.29, 1.82) is 0 Å². The van der Waals surface area contributed by atoms with Crippen LogP contribution in [0.4, 0.5) is 4.39 Å². The number of allylic oxidation sites excluding steroid dienone is 1. The molecule has 1 aliphatic heterocycles. The Balaban J connectivity index is 2.15. The van der Waals surface area contributed by atoms with Crippen LogP contribution in [0.2, 0.25) is 0 Å². The minimum absolute atomic E-state index is 0.223. The van der Waals surface area contributed by atoms with Crippen molar-refractivity contribution in [2.24, 2.45) is 10.9 Å². The number of rotatable bonds is 6. The molecule has 2 N–H and O–H groups in total. The van der Waals surface area contributed by atoms with Crippen LogP contribution in [0.25, 0.3) is 5.70 Å². The first-order chi connectivity index (χ1) is 11.9. The molecule has 1 aromatic rings. The number of likely N-dealkylation sites (N-methyl/N-ethyl adjacent to an activating group) is 1. The van der Waals surface area contributed by atoms with Crippen molar-refractivity contribution >= 4 is 23.2 Å². The highest BCUT2D eigenvalue weighted by atomic mass is 19.1. The summed E-state index contributed by atoms with van der Waals surface area (Å²) in [6.07, 6.45) is 3.57. The van der Waals surface area contributed by atoms with E-state index < -0.39 is 6.04 Å². The first kappa shape index (κ1) is 18.8. The highest BCUT2D eigenvalue weighted by Crippen LogP contribution is 2.22. The largest absolute Gasteiger partial charge is 0.357 e. The van der Waals surface area contributed by atoms with E-state index in [1.807, 2.05) is 19.9 Å². The molecule has 0 saturated heterocycles. The van der Waals surface area contributed by atoms with E-state index in [1.165, 1.54) is 12.1 Å². The molecule has 1 heterocycles. The maximum Gasteiger partial charge on any atom is 0.266 e. The average Bonchev–Trinajstić information content (AvgIpc) is 2.60. The molecule has 0 aliphatic carbocycles. The van der Waals surface area contributed by atoms with Crippen molar-refractivity contribution in [2.45, 2.75) is 39.2 Å². The lowest BCUT2D eigenvalue weighted by Gasteiger charge is -2.20. The molecule has 0 radical (unpaired) electrons. The van der Waals surface area contributed by atoms with Gasteiger partial charge in [-0.2, -0.15) is 0 Å². The lowest BCUT2D eigenvalue weighted by atomic mass is 10.0. The van der Waals surface area contributed by atoms with Gasteiger partial charge in [0.15, 0.2) is 0 Å². The van der Waals surface area contributed by atoms with E-state index in [2.05, 4.69) is 15.6 Å². The van der Waals surface area contributed by atoms with Crippen LogP contribution in [0, 0.1) is 11.7 Å². The molecule has 0 unspecified atom stereocenters. The SMILES string of the molecule is CNC(=O)[C@H](CC(C)C)NC(=O)C1=NC(c2cccc(F)c2)=CCC1. The summed E-state index contributed by atoms with van der Waals surface area (Å²) >= 11 is 0.